The van der Waals surface area contributed by atoms with Crippen molar-refractivity contribution < 1.29 is 14.0 Å². The van der Waals surface area contributed by atoms with Gasteiger partial charge in [-0.05, 0) is 47.5 Å². The maximum atomic E-state index is 13.1. The zero-order valence-electron chi connectivity index (χ0n) is 10.7. The third-order valence-electron chi connectivity index (χ3n) is 3.09. The fourth-order valence-electron chi connectivity index (χ4n) is 1.90. The molecule has 0 radical (unpaired) electrons. The van der Waals surface area contributed by atoms with E-state index in [4.69, 9.17) is 0 Å². The highest BCUT2D eigenvalue weighted by molar-refractivity contribution is 9.10. The van der Waals surface area contributed by atoms with Crippen molar-refractivity contribution in [2.75, 3.05) is 6.54 Å². The summed E-state index contributed by atoms with van der Waals surface area (Å²) in [6.07, 6.45) is 0. The maximum absolute atomic E-state index is 13.1. The quantitative estimate of drug-likeness (QED) is 0.842. The molecule has 0 bridgehead atoms. The largest absolute Gasteiger partial charge is 0.295 e. The van der Waals surface area contributed by atoms with Gasteiger partial charge in [-0.1, -0.05) is 6.07 Å². The summed E-state index contributed by atoms with van der Waals surface area (Å²) in [6, 6.07) is 4.45. The van der Waals surface area contributed by atoms with Crippen LogP contribution in [0.15, 0.2) is 22.7 Å². The number of amides is 2. The molecule has 1 aromatic carbocycles. The first-order valence-corrected chi connectivity index (χ1v) is 6.64. The highest BCUT2D eigenvalue weighted by Crippen LogP contribution is 2.20. The average molecular weight is 329 g/mol. The van der Waals surface area contributed by atoms with Gasteiger partial charge in [-0.3, -0.25) is 19.8 Å². The van der Waals surface area contributed by atoms with Gasteiger partial charge in [0.05, 0.1) is 23.1 Å². The summed E-state index contributed by atoms with van der Waals surface area (Å²) in [7, 11) is 0. The molecule has 0 unspecified atom stereocenters. The van der Waals surface area contributed by atoms with Crippen LogP contribution in [0, 0.1) is 5.82 Å². The van der Waals surface area contributed by atoms with E-state index in [1.165, 1.54) is 11.0 Å². The van der Waals surface area contributed by atoms with Crippen LogP contribution in [-0.2, 0) is 16.1 Å². The first kappa shape index (κ1) is 14.1. The van der Waals surface area contributed by atoms with E-state index in [0.29, 0.717) is 10.0 Å². The van der Waals surface area contributed by atoms with Crippen molar-refractivity contribution in [3.63, 3.8) is 0 Å². The SMILES string of the molecule is CC1(C)NCC(=O)N(Cc2ccc(F)c(Br)c2)C1=O. The molecule has 1 N–H and O–H groups in total. The highest BCUT2D eigenvalue weighted by Gasteiger charge is 2.39. The summed E-state index contributed by atoms with van der Waals surface area (Å²) in [4.78, 5) is 25.2. The van der Waals surface area contributed by atoms with Crippen LogP contribution in [0.2, 0.25) is 0 Å². The number of hydrogen-bond donors (Lipinski definition) is 1. The Hall–Kier alpha value is -1.27. The molecule has 4 nitrogen and oxygen atoms in total. The lowest BCUT2D eigenvalue weighted by Gasteiger charge is -2.36. The predicted octanol–water partition coefficient (Wildman–Crippen LogP) is 1.83. The van der Waals surface area contributed by atoms with E-state index in [9.17, 15) is 14.0 Å². The molecular formula is C13H14BrFN2O2. The number of hydrogen-bond acceptors (Lipinski definition) is 3. The molecule has 1 aliphatic heterocycles. The highest BCUT2D eigenvalue weighted by atomic mass is 79.9. The maximum Gasteiger partial charge on any atom is 0.249 e. The van der Waals surface area contributed by atoms with Gasteiger partial charge in [0.15, 0.2) is 0 Å². The standard InChI is InChI=1S/C13H14BrFN2O2/c1-13(2)12(19)17(11(18)6-16-13)7-8-3-4-10(15)9(14)5-8/h3-5,16H,6-7H2,1-2H3. The summed E-state index contributed by atoms with van der Waals surface area (Å²) in [5, 5.41) is 2.88. The van der Waals surface area contributed by atoms with Crippen molar-refractivity contribution in [1.29, 1.82) is 0 Å². The molecule has 0 spiro atoms. The second-order valence-electron chi connectivity index (χ2n) is 5.01. The van der Waals surface area contributed by atoms with E-state index in [1.54, 1.807) is 26.0 Å². The number of piperazine rings is 1. The molecule has 1 aliphatic rings. The van der Waals surface area contributed by atoms with Crippen LogP contribution in [0.5, 0.6) is 0 Å². The Morgan fingerprint density at radius 1 is 1.42 bits per heavy atom. The Kier molecular flexibility index (Phi) is 3.73. The van der Waals surface area contributed by atoms with E-state index < -0.39 is 5.54 Å². The van der Waals surface area contributed by atoms with E-state index in [0.717, 1.165) is 0 Å². The normalized spacial score (nSPS) is 18.8. The number of benzene rings is 1. The van der Waals surface area contributed by atoms with Gasteiger partial charge >= 0.3 is 0 Å². The van der Waals surface area contributed by atoms with Gasteiger partial charge < -0.3 is 0 Å². The monoisotopic (exact) mass is 328 g/mol. The zero-order valence-corrected chi connectivity index (χ0v) is 12.3. The Morgan fingerprint density at radius 3 is 2.74 bits per heavy atom. The molecule has 2 rings (SSSR count). The molecule has 0 aliphatic carbocycles. The second-order valence-corrected chi connectivity index (χ2v) is 5.87. The van der Waals surface area contributed by atoms with Gasteiger partial charge in [0.1, 0.15) is 5.82 Å². The predicted molar refractivity (Wildman–Crippen MR) is 71.7 cm³/mol. The molecule has 0 aromatic heterocycles. The van der Waals surface area contributed by atoms with Crippen LogP contribution in [0.1, 0.15) is 19.4 Å². The van der Waals surface area contributed by atoms with Crippen molar-refractivity contribution in [3.8, 4) is 0 Å². The van der Waals surface area contributed by atoms with Crippen LogP contribution in [0.4, 0.5) is 4.39 Å². The topological polar surface area (TPSA) is 49.4 Å². The van der Waals surface area contributed by atoms with Gasteiger partial charge in [0.2, 0.25) is 11.8 Å². The van der Waals surface area contributed by atoms with Crippen LogP contribution in [-0.4, -0.2) is 28.8 Å². The number of carbonyl (C=O) groups excluding carboxylic acids is 2. The third kappa shape index (κ3) is 2.84. The summed E-state index contributed by atoms with van der Waals surface area (Å²) in [6.45, 7) is 3.74. The number of nitrogens with one attached hydrogen (secondary N) is 1. The second kappa shape index (κ2) is 5.02. The first-order valence-electron chi connectivity index (χ1n) is 5.85. The van der Waals surface area contributed by atoms with Gasteiger partial charge in [-0.2, -0.15) is 0 Å². The number of rotatable bonds is 2. The lowest BCUT2D eigenvalue weighted by Crippen LogP contribution is -2.63. The first-order chi connectivity index (χ1) is 8.81. The van der Waals surface area contributed by atoms with E-state index in [2.05, 4.69) is 21.2 Å². The third-order valence-corrected chi connectivity index (χ3v) is 3.69. The number of nitrogens with zero attached hydrogens (tertiary/aromatic N) is 1. The molecule has 1 heterocycles. The summed E-state index contributed by atoms with van der Waals surface area (Å²) >= 11 is 3.09. The van der Waals surface area contributed by atoms with Crippen molar-refractivity contribution in [3.05, 3.63) is 34.1 Å². The summed E-state index contributed by atoms with van der Waals surface area (Å²) in [5.74, 6) is -0.920. The molecule has 0 saturated carbocycles. The molecule has 1 aromatic rings. The molecule has 19 heavy (non-hydrogen) atoms. The fraction of sp³-hybridized carbons (Fsp3) is 0.385. The lowest BCUT2D eigenvalue weighted by atomic mass is 10.00. The van der Waals surface area contributed by atoms with Gasteiger partial charge in [0, 0.05) is 0 Å². The van der Waals surface area contributed by atoms with E-state index in [1.807, 2.05) is 0 Å². The minimum absolute atomic E-state index is 0.126. The smallest absolute Gasteiger partial charge is 0.249 e. The van der Waals surface area contributed by atoms with Crippen molar-refractivity contribution in [2.45, 2.75) is 25.9 Å². The minimum atomic E-state index is -0.759. The van der Waals surface area contributed by atoms with Crippen molar-refractivity contribution in [1.82, 2.24) is 10.2 Å². The van der Waals surface area contributed by atoms with Crippen LogP contribution >= 0.6 is 15.9 Å². The number of carbonyl (C=O) groups is 2. The fourth-order valence-corrected chi connectivity index (χ4v) is 2.33. The minimum Gasteiger partial charge on any atom is -0.295 e. The van der Waals surface area contributed by atoms with Crippen molar-refractivity contribution >= 4 is 27.7 Å². The van der Waals surface area contributed by atoms with E-state index in [-0.39, 0.29) is 30.7 Å². The Bertz CT molecular complexity index is 545. The van der Waals surface area contributed by atoms with Gasteiger partial charge in [0.25, 0.3) is 0 Å². The van der Waals surface area contributed by atoms with Crippen LogP contribution in [0.25, 0.3) is 0 Å². The Morgan fingerprint density at radius 2 is 2.11 bits per heavy atom. The zero-order chi connectivity index (χ0) is 14.2. The number of imide groups is 1. The summed E-state index contributed by atoms with van der Waals surface area (Å²) in [5.41, 5.74) is -0.0572. The molecule has 2 amide bonds. The molecular weight excluding hydrogens is 315 g/mol. The van der Waals surface area contributed by atoms with Crippen molar-refractivity contribution in [2.24, 2.45) is 0 Å². The van der Waals surface area contributed by atoms with Gasteiger partial charge in [-0.15, -0.1) is 0 Å². The Balaban J connectivity index is 2.23. The van der Waals surface area contributed by atoms with E-state index >= 15 is 0 Å². The van der Waals surface area contributed by atoms with Crippen LogP contribution in [0.3, 0.4) is 0 Å². The molecule has 1 saturated heterocycles. The lowest BCUT2D eigenvalue weighted by molar-refractivity contribution is -0.153. The average Bonchev–Trinajstić information content (AvgIpc) is 2.35. The summed E-state index contributed by atoms with van der Waals surface area (Å²) < 4.78 is 13.5. The Labute approximate surface area is 119 Å². The molecule has 6 heteroatoms. The van der Waals surface area contributed by atoms with Crippen LogP contribution < -0.4 is 5.32 Å². The number of halogens is 2. The molecule has 0 atom stereocenters. The van der Waals surface area contributed by atoms with Gasteiger partial charge in [-0.25, -0.2) is 4.39 Å². The molecule has 1 fully saturated rings. The molecule has 102 valence electrons.